The normalized spacial score (nSPS) is 15.1. The lowest BCUT2D eigenvalue weighted by atomic mass is 10.0. The van der Waals surface area contributed by atoms with Gasteiger partial charge in [0.25, 0.3) is 5.91 Å². The molecule has 0 radical (unpaired) electrons. The first-order valence-electron chi connectivity index (χ1n) is 12.7. The number of ether oxygens (including phenoxy) is 1. The number of nitrogens with one attached hydrogen (secondary N) is 2. The van der Waals surface area contributed by atoms with Crippen molar-refractivity contribution in [3.8, 4) is 5.75 Å². The van der Waals surface area contributed by atoms with E-state index in [0.717, 1.165) is 55.7 Å². The van der Waals surface area contributed by atoms with Crippen LogP contribution in [-0.4, -0.2) is 44.4 Å². The first-order valence-corrected chi connectivity index (χ1v) is 12.7. The molecule has 2 aromatic carbocycles. The summed E-state index contributed by atoms with van der Waals surface area (Å²) in [4.78, 5) is 17.3. The van der Waals surface area contributed by atoms with Crippen molar-refractivity contribution >= 4 is 22.9 Å². The Bertz CT molecular complexity index is 1420. The van der Waals surface area contributed by atoms with Crippen molar-refractivity contribution in [3.05, 3.63) is 88.9 Å². The third-order valence-corrected chi connectivity index (χ3v) is 7.23. The van der Waals surface area contributed by atoms with E-state index in [0.29, 0.717) is 6.04 Å². The summed E-state index contributed by atoms with van der Waals surface area (Å²) >= 11 is 0. The van der Waals surface area contributed by atoms with Crippen molar-refractivity contribution in [2.45, 2.75) is 45.3 Å². The maximum Gasteiger partial charge on any atom is 0.267 e. The molecule has 0 spiro atoms. The molecule has 1 unspecified atom stereocenters. The number of fused-ring (bicyclic) bond motifs is 2. The highest BCUT2D eigenvalue weighted by Gasteiger charge is 2.28. The molecule has 1 amide bonds. The highest BCUT2D eigenvalue weighted by Crippen LogP contribution is 2.37. The monoisotopic (exact) mass is 499 g/mol. The lowest BCUT2D eigenvalue weighted by Gasteiger charge is -2.29. The fourth-order valence-corrected chi connectivity index (χ4v) is 5.31. The molecule has 8 nitrogen and oxygen atoms in total. The number of nitrogens with zero attached hydrogens (tertiary/aromatic N) is 3. The predicted molar refractivity (Wildman–Crippen MR) is 143 cm³/mol. The second-order valence-corrected chi connectivity index (χ2v) is 9.47. The standard InChI is InChI=1S/C29H33N5O3/c1-3-34-19-21(16-31-34)18-33(13-12-23-17-30-27-15-24(37-2)7-9-25(23)27)28-10-6-22-14-20(4-8-26(22)28)5-11-29(35)32-36/h4-5,7-9,11,14-17,19,28,30,36H,3,6,10,12-13,18H2,1-2H3,(H,32,35). The van der Waals surface area contributed by atoms with Gasteiger partial charge in [0.15, 0.2) is 0 Å². The highest BCUT2D eigenvalue weighted by molar-refractivity contribution is 5.90. The summed E-state index contributed by atoms with van der Waals surface area (Å²) in [7, 11) is 1.69. The molecule has 3 N–H and O–H groups in total. The van der Waals surface area contributed by atoms with Crippen molar-refractivity contribution in [2.75, 3.05) is 13.7 Å². The molecule has 0 bridgehead atoms. The molecule has 1 aliphatic carbocycles. The zero-order valence-corrected chi connectivity index (χ0v) is 21.3. The van der Waals surface area contributed by atoms with Gasteiger partial charge in [-0.1, -0.05) is 18.2 Å². The molecular formula is C29H33N5O3. The van der Waals surface area contributed by atoms with Crippen LogP contribution in [0, 0.1) is 0 Å². The molecule has 0 saturated heterocycles. The summed E-state index contributed by atoms with van der Waals surface area (Å²) < 4.78 is 7.35. The van der Waals surface area contributed by atoms with E-state index in [1.165, 1.54) is 33.7 Å². The molecule has 0 fully saturated rings. The molecule has 192 valence electrons. The number of amides is 1. The Labute approximate surface area is 216 Å². The summed E-state index contributed by atoms with van der Waals surface area (Å²) in [5.74, 6) is 0.317. The molecule has 2 heterocycles. The summed E-state index contributed by atoms with van der Waals surface area (Å²) in [5.41, 5.74) is 8.84. The number of aryl methyl sites for hydroxylation is 2. The Kier molecular flexibility index (Phi) is 7.39. The van der Waals surface area contributed by atoms with Crippen LogP contribution in [0.3, 0.4) is 0 Å². The average molecular weight is 500 g/mol. The Morgan fingerprint density at radius 2 is 2.22 bits per heavy atom. The van der Waals surface area contributed by atoms with Crippen molar-refractivity contribution in [1.82, 2.24) is 25.1 Å². The van der Waals surface area contributed by atoms with E-state index in [4.69, 9.17) is 9.94 Å². The van der Waals surface area contributed by atoms with E-state index in [9.17, 15) is 4.79 Å². The molecule has 1 atom stereocenters. The van der Waals surface area contributed by atoms with Gasteiger partial charge in [-0.15, -0.1) is 0 Å². The predicted octanol–water partition coefficient (Wildman–Crippen LogP) is 4.64. The molecule has 5 rings (SSSR count). The second kappa shape index (κ2) is 11.0. The SMILES string of the molecule is CCn1cc(CN(CCc2c[nH]c3cc(OC)ccc23)C2CCc3cc(C=CC(=O)NO)ccc32)cn1. The van der Waals surface area contributed by atoms with E-state index in [1.54, 1.807) is 18.7 Å². The van der Waals surface area contributed by atoms with Crippen LogP contribution in [0.1, 0.15) is 47.2 Å². The van der Waals surface area contributed by atoms with Crippen LogP contribution < -0.4 is 10.2 Å². The Hall–Kier alpha value is -3.88. The Morgan fingerprint density at radius 3 is 3.00 bits per heavy atom. The lowest BCUT2D eigenvalue weighted by molar-refractivity contribution is -0.124. The van der Waals surface area contributed by atoms with Crippen LogP contribution in [0.4, 0.5) is 0 Å². The maximum atomic E-state index is 11.4. The molecule has 8 heteroatoms. The average Bonchev–Trinajstić information content (AvgIpc) is 3.67. The number of methoxy groups -OCH3 is 1. The number of aromatic amines is 1. The van der Waals surface area contributed by atoms with Crippen molar-refractivity contribution in [3.63, 3.8) is 0 Å². The number of hydrogen-bond donors (Lipinski definition) is 3. The van der Waals surface area contributed by atoms with Gasteiger partial charge in [0.2, 0.25) is 0 Å². The molecule has 4 aromatic rings. The van der Waals surface area contributed by atoms with Gasteiger partial charge in [-0.2, -0.15) is 5.10 Å². The van der Waals surface area contributed by atoms with Gasteiger partial charge < -0.3 is 9.72 Å². The summed E-state index contributed by atoms with van der Waals surface area (Å²) in [5, 5.41) is 14.5. The topological polar surface area (TPSA) is 95.4 Å². The molecule has 37 heavy (non-hydrogen) atoms. The number of carbonyl (C=O) groups is 1. The minimum Gasteiger partial charge on any atom is -0.497 e. The first-order chi connectivity index (χ1) is 18.1. The molecule has 1 aliphatic rings. The summed E-state index contributed by atoms with van der Waals surface area (Å²) in [6.07, 6.45) is 12.3. The summed E-state index contributed by atoms with van der Waals surface area (Å²) in [6, 6.07) is 12.9. The second-order valence-electron chi connectivity index (χ2n) is 9.47. The first kappa shape index (κ1) is 24.8. The van der Waals surface area contributed by atoms with Crippen LogP contribution in [0.5, 0.6) is 5.75 Å². The van der Waals surface area contributed by atoms with Gasteiger partial charge in [-0.3, -0.25) is 19.6 Å². The van der Waals surface area contributed by atoms with E-state index >= 15 is 0 Å². The fourth-order valence-electron chi connectivity index (χ4n) is 5.31. The van der Waals surface area contributed by atoms with Crippen LogP contribution in [0.2, 0.25) is 0 Å². The van der Waals surface area contributed by atoms with Crippen molar-refractivity contribution in [2.24, 2.45) is 0 Å². The number of hydroxylamine groups is 1. The van der Waals surface area contributed by atoms with Gasteiger partial charge in [0, 0.05) is 66.7 Å². The molecular weight excluding hydrogens is 466 g/mol. The Morgan fingerprint density at radius 1 is 1.32 bits per heavy atom. The molecule has 0 aliphatic heterocycles. The third-order valence-electron chi connectivity index (χ3n) is 7.23. The smallest absolute Gasteiger partial charge is 0.267 e. The maximum absolute atomic E-state index is 11.4. The van der Waals surface area contributed by atoms with Crippen molar-refractivity contribution < 1.29 is 14.7 Å². The third kappa shape index (κ3) is 5.45. The number of hydrogen-bond acceptors (Lipinski definition) is 5. The Balaban J connectivity index is 1.38. The molecule has 2 aromatic heterocycles. The molecule has 0 saturated carbocycles. The highest BCUT2D eigenvalue weighted by atomic mass is 16.5. The fraction of sp³-hybridized carbons (Fsp3) is 0.310. The van der Waals surface area contributed by atoms with Gasteiger partial charge in [-0.25, -0.2) is 5.48 Å². The van der Waals surface area contributed by atoms with E-state index in [-0.39, 0.29) is 0 Å². The number of aromatic nitrogens is 3. The number of rotatable bonds is 10. The zero-order chi connectivity index (χ0) is 25.8. The number of carbonyl (C=O) groups excluding carboxylic acids is 1. The van der Waals surface area contributed by atoms with E-state index in [1.807, 2.05) is 29.1 Å². The van der Waals surface area contributed by atoms with Crippen molar-refractivity contribution in [1.29, 1.82) is 0 Å². The van der Waals surface area contributed by atoms with Crippen LogP contribution >= 0.6 is 0 Å². The van der Waals surface area contributed by atoms with E-state index < -0.39 is 5.91 Å². The van der Waals surface area contributed by atoms with Gasteiger partial charge in [0.05, 0.1) is 13.3 Å². The van der Waals surface area contributed by atoms with Crippen LogP contribution in [0.15, 0.2) is 61.1 Å². The zero-order valence-electron chi connectivity index (χ0n) is 21.3. The minimum atomic E-state index is -0.534. The van der Waals surface area contributed by atoms with Gasteiger partial charge in [0.1, 0.15) is 5.75 Å². The summed E-state index contributed by atoms with van der Waals surface area (Å²) in [6.45, 7) is 4.71. The lowest BCUT2D eigenvalue weighted by Crippen LogP contribution is -2.29. The van der Waals surface area contributed by atoms with Gasteiger partial charge >= 0.3 is 0 Å². The largest absolute Gasteiger partial charge is 0.497 e. The quantitative estimate of drug-likeness (QED) is 0.168. The van der Waals surface area contributed by atoms with Crippen LogP contribution in [-0.2, 0) is 30.7 Å². The van der Waals surface area contributed by atoms with E-state index in [2.05, 4.69) is 52.5 Å². The van der Waals surface area contributed by atoms with Gasteiger partial charge in [-0.05, 0) is 66.6 Å². The minimum absolute atomic E-state index is 0.309. The number of benzene rings is 2. The van der Waals surface area contributed by atoms with Crippen LogP contribution in [0.25, 0.3) is 17.0 Å². The number of H-pyrrole nitrogens is 1.